The van der Waals surface area contributed by atoms with Gasteiger partial charge < -0.3 is 9.84 Å². The highest BCUT2D eigenvalue weighted by atomic mass is 16.5. The van der Waals surface area contributed by atoms with E-state index in [1.807, 2.05) is 24.3 Å². The quantitative estimate of drug-likeness (QED) is 0.881. The third-order valence-electron chi connectivity index (χ3n) is 3.82. The first-order chi connectivity index (χ1) is 8.78. The minimum absolute atomic E-state index is 0.0996. The smallest absolute Gasteiger partial charge is 0.131 e. The Hall–Kier alpha value is -1.54. The number of hydrogen-bond acceptors (Lipinski definition) is 2. The minimum atomic E-state index is -0.197. The molecule has 2 bridgehead atoms. The van der Waals surface area contributed by atoms with E-state index in [-0.39, 0.29) is 12.2 Å². The van der Waals surface area contributed by atoms with Crippen molar-refractivity contribution in [1.29, 1.82) is 0 Å². The molecule has 1 aliphatic carbocycles. The Labute approximate surface area is 108 Å². The van der Waals surface area contributed by atoms with Crippen molar-refractivity contribution < 1.29 is 9.84 Å². The van der Waals surface area contributed by atoms with Gasteiger partial charge in [0.15, 0.2) is 0 Å². The first-order valence-electron chi connectivity index (χ1n) is 6.58. The van der Waals surface area contributed by atoms with Crippen molar-refractivity contribution in [2.75, 3.05) is 6.61 Å². The summed E-state index contributed by atoms with van der Waals surface area (Å²) in [5.74, 6) is 0.947. The highest BCUT2D eigenvalue weighted by Gasteiger charge is 2.38. The number of rotatable bonds is 3. The molecule has 2 nitrogen and oxygen atoms in total. The number of hydrogen-bond donors (Lipinski definition) is 1. The summed E-state index contributed by atoms with van der Waals surface area (Å²) < 4.78 is 6.22. The maximum Gasteiger partial charge on any atom is 0.131 e. The van der Waals surface area contributed by atoms with E-state index in [1.165, 1.54) is 5.57 Å². The Morgan fingerprint density at radius 3 is 2.94 bits per heavy atom. The number of ether oxygens (including phenoxy) is 1. The lowest BCUT2D eigenvalue weighted by molar-refractivity contribution is 0.105. The third-order valence-corrected chi connectivity index (χ3v) is 3.82. The molecule has 2 aliphatic rings. The first-order valence-corrected chi connectivity index (χ1v) is 6.58. The molecule has 0 fully saturated rings. The lowest BCUT2D eigenvalue weighted by atomic mass is 9.78. The summed E-state index contributed by atoms with van der Waals surface area (Å²) in [4.78, 5) is 0. The van der Waals surface area contributed by atoms with E-state index in [0.717, 1.165) is 36.1 Å². The van der Waals surface area contributed by atoms with Gasteiger partial charge in [-0.05, 0) is 29.7 Å². The van der Waals surface area contributed by atoms with E-state index >= 15 is 0 Å². The molecule has 94 valence electrons. The summed E-state index contributed by atoms with van der Waals surface area (Å²) in [5.41, 5.74) is 3.21. The second-order valence-corrected chi connectivity index (χ2v) is 5.09. The van der Waals surface area contributed by atoms with Crippen LogP contribution in [0.15, 0.2) is 42.0 Å². The van der Waals surface area contributed by atoms with Crippen molar-refractivity contribution in [3.8, 4) is 5.75 Å². The van der Waals surface area contributed by atoms with E-state index in [4.69, 9.17) is 4.74 Å². The van der Waals surface area contributed by atoms with Gasteiger partial charge in [0.1, 0.15) is 11.4 Å². The molecule has 0 saturated heterocycles. The molecule has 3 rings (SSSR count). The SMILES string of the molecule is CCCC12C=CC(CO)=C(C1)c1ccccc1O2. The summed E-state index contributed by atoms with van der Waals surface area (Å²) in [7, 11) is 0. The van der Waals surface area contributed by atoms with Gasteiger partial charge >= 0.3 is 0 Å². The molecule has 1 heterocycles. The fourth-order valence-electron chi connectivity index (χ4n) is 2.98. The second-order valence-electron chi connectivity index (χ2n) is 5.09. The topological polar surface area (TPSA) is 29.5 Å². The van der Waals surface area contributed by atoms with E-state index in [1.54, 1.807) is 0 Å². The molecule has 0 spiro atoms. The van der Waals surface area contributed by atoms with Crippen LogP contribution in [-0.4, -0.2) is 17.3 Å². The Balaban J connectivity index is 2.14. The van der Waals surface area contributed by atoms with Crippen molar-refractivity contribution in [2.24, 2.45) is 0 Å². The molecule has 1 aliphatic heterocycles. The lowest BCUT2D eigenvalue weighted by Crippen LogP contribution is -2.39. The molecular weight excluding hydrogens is 224 g/mol. The van der Waals surface area contributed by atoms with Gasteiger partial charge in [-0.25, -0.2) is 0 Å². The average Bonchev–Trinajstić information content (AvgIpc) is 2.39. The van der Waals surface area contributed by atoms with Crippen LogP contribution in [0.3, 0.4) is 0 Å². The van der Waals surface area contributed by atoms with Crippen molar-refractivity contribution in [1.82, 2.24) is 0 Å². The van der Waals surface area contributed by atoms with Crippen molar-refractivity contribution >= 4 is 5.57 Å². The number of benzene rings is 1. The molecule has 1 aromatic carbocycles. The van der Waals surface area contributed by atoms with Crippen LogP contribution >= 0.6 is 0 Å². The van der Waals surface area contributed by atoms with Crippen LogP contribution in [0.4, 0.5) is 0 Å². The molecule has 0 aromatic heterocycles. The Bertz CT molecular complexity index is 528. The maximum atomic E-state index is 9.49. The van der Waals surface area contributed by atoms with E-state index in [9.17, 15) is 5.11 Å². The summed E-state index contributed by atoms with van der Waals surface area (Å²) in [5, 5.41) is 9.49. The predicted molar refractivity (Wildman–Crippen MR) is 72.5 cm³/mol. The minimum Gasteiger partial charge on any atom is -0.482 e. The van der Waals surface area contributed by atoms with Crippen LogP contribution < -0.4 is 4.74 Å². The van der Waals surface area contributed by atoms with Gasteiger partial charge in [-0.3, -0.25) is 0 Å². The highest BCUT2D eigenvalue weighted by Crippen LogP contribution is 2.46. The molecule has 0 amide bonds. The van der Waals surface area contributed by atoms with Gasteiger partial charge in [0, 0.05) is 12.0 Å². The molecule has 1 unspecified atom stereocenters. The van der Waals surface area contributed by atoms with Gasteiger partial charge in [-0.15, -0.1) is 0 Å². The van der Waals surface area contributed by atoms with Crippen molar-refractivity contribution in [3.63, 3.8) is 0 Å². The van der Waals surface area contributed by atoms with Crippen LogP contribution in [0.25, 0.3) is 5.57 Å². The van der Waals surface area contributed by atoms with Gasteiger partial charge in [0.05, 0.1) is 6.61 Å². The lowest BCUT2D eigenvalue weighted by Gasteiger charge is -2.40. The number of fused-ring (bicyclic) bond motifs is 4. The molecule has 0 saturated carbocycles. The standard InChI is InChI=1S/C16H18O2/c1-2-8-16-9-7-12(11-17)14(10-16)13-5-3-4-6-15(13)18-16/h3-7,9,17H,2,8,10-11H2,1H3. The van der Waals surface area contributed by atoms with Crippen LogP contribution in [0, 0.1) is 0 Å². The molecule has 1 N–H and O–H groups in total. The van der Waals surface area contributed by atoms with Crippen LogP contribution in [0.2, 0.25) is 0 Å². The van der Waals surface area contributed by atoms with Crippen molar-refractivity contribution in [3.05, 3.63) is 47.6 Å². The van der Waals surface area contributed by atoms with Gasteiger partial charge in [0.25, 0.3) is 0 Å². The highest BCUT2D eigenvalue weighted by molar-refractivity contribution is 5.79. The Morgan fingerprint density at radius 2 is 2.17 bits per heavy atom. The average molecular weight is 242 g/mol. The van der Waals surface area contributed by atoms with Crippen LogP contribution in [-0.2, 0) is 0 Å². The zero-order valence-corrected chi connectivity index (χ0v) is 10.6. The molecule has 2 heteroatoms. The largest absolute Gasteiger partial charge is 0.482 e. The summed E-state index contributed by atoms with van der Waals surface area (Å²) in [6.45, 7) is 2.28. The van der Waals surface area contributed by atoms with E-state index < -0.39 is 0 Å². The van der Waals surface area contributed by atoms with Crippen molar-refractivity contribution in [2.45, 2.75) is 31.8 Å². The molecular formula is C16H18O2. The van der Waals surface area contributed by atoms with Crippen LogP contribution in [0.1, 0.15) is 31.7 Å². The van der Waals surface area contributed by atoms with Gasteiger partial charge in [-0.1, -0.05) is 37.6 Å². The number of aliphatic hydroxyl groups is 1. The number of para-hydroxylation sites is 1. The van der Waals surface area contributed by atoms with E-state index in [0.29, 0.717) is 0 Å². The van der Waals surface area contributed by atoms with Gasteiger partial charge in [0.2, 0.25) is 0 Å². The normalized spacial score (nSPS) is 24.8. The third kappa shape index (κ3) is 1.68. The summed E-state index contributed by atoms with van der Waals surface area (Å²) in [6.07, 6.45) is 7.14. The van der Waals surface area contributed by atoms with Crippen LogP contribution in [0.5, 0.6) is 5.75 Å². The molecule has 0 radical (unpaired) electrons. The predicted octanol–water partition coefficient (Wildman–Crippen LogP) is 3.32. The molecule has 1 atom stereocenters. The van der Waals surface area contributed by atoms with Gasteiger partial charge in [-0.2, -0.15) is 0 Å². The Morgan fingerprint density at radius 1 is 1.33 bits per heavy atom. The van der Waals surface area contributed by atoms with E-state index in [2.05, 4.69) is 19.1 Å². The maximum absolute atomic E-state index is 9.49. The second kappa shape index (κ2) is 4.29. The summed E-state index contributed by atoms with van der Waals surface area (Å²) >= 11 is 0. The molecule has 1 aromatic rings. The molecule has 18 heavy (non-hydrogen) atoms. The Kier molecular flexibility index (Phi) is 2.75. The number of aliphatic hydroxyl groups excluding tert-OH is 1. The summed E-state index contributed by atoms with van der Waals surface area (Å²) in [6, 6.07) is 8.13. The fraction of sp³-hybridized carbons (Fsp3) is 0.375. The first kappa shape index (κ1) is 11.5. The zero-order chi connectivity index (χ0) is 12.6. The monoisotopic (exact) mass is 242 g/mol. The zero-order valence-electron chi connectivity index (χ0n) is 10.6. The fourth-order valence-corrected chi connectivity index (χ4v) is 2.98.